The summed E-state index contributed by atoms with van der Waals surface area (Å²) in [5.74, 6) is 3.42. The third-order valence-electron chi connectivity index (χ3n) is 5.59. The van der Waals surface area contributed by atoms with Crippen molar-refractivity contribution >= 4 is 22.7 Å². The second kappa shape index (κ2) is 10.5. The molecule has 0 saturated heterocycles. The number of methoxy groups -OCH3 is 3. The Kier molecular flexibility index (Phi) is 6.96. The first-order chi connectivity index (χ1) is 17.6. The summed E-state index contributed by atoms with van der Waals surface area (Å²) in [6, 6.07) is 8.77. The lowest BCUT2D eigenvalue weighted by Crippen LogP contribution is -2.24. The fraction of sp³-hybridized carbons (Fsp3) is 0.333. The number of benzene rings is 2. The standard InChI is InChI=1S/C24H24N4O7S/c1-30-8-4-7-28-23(29)16-10-19-20(34-13-33-19)11-17(16)25-24(28)36-12-21-26-22(27-35-21)15-6-5-14(31-2)9-18(15)32-3/h5-6,9-11H,4,7-8,12-13H2,1-3H3. The first-order valence-corrected chi connectivity index (χ1v) is 12.1. The van der Waals surface area contributed by atoms with Crippen LogP contribution in [0, 0.1) is 0 Å². The number of nitrogens with zero attached hydrogens (tertiary/aromatic N) is 4. The second-order valence-electron chi connectivity index (χ2n) is 7.79. The third kappa shape index (κ3) is 4.69. The van der Waals surface area contributed by atoms with Gasteiger partial charge in [0.1, 0.15) is 11.5 Å². The highest BCUT2D eigenvalue weighted by molar-refractivity contribution is 7.98. The fourth-order valence-corrected chi connectivity index (χ4v) is 4.66. The minimum absolute atomic E-state index is 0.119. The van der Waals surface area contributed by atoms with Crippen LogP contribution in [-0.4, -0.2) is 54.4 Å². The molecule has 0 radical (unpaired) electrons. The van der Waals surface area contributed by atoms with Gasteiger partial charge in [-0.05, 0) is 24.6 Å². The third-order valence-corrected chi connectivity index (χ3v) is 6.55. The first kappa shape index (κ1) is 23.9. The van der Waals surface area contributed by atoms with Gasteiger partial charge in [-0.15, -0.1) is 0 Å². The molecule has 1 aliphatic rings. The highest BCUT2D eigenvalue weighted by Gasteiger charge is 2.20. The van der Waals surface area contributed by atoms with Crippen molar-refractivity contribution in [3.05, 3.63) is 46.6 Å². The predicted molar refractivity (Wildman–Crippen MR) is 131 cm³/mol. The molecule has 0 unspecified atom stereocenters. The molecule has 0 fully saturated rings. The fourth-order valence-electron chi connectivity index (χ4n) is 3.80. The number of thioether (sulfide) groups is 1. The highest BCUT2D eigenvalue weighted by Crippen LogP contribution is 2.36. The van der Waals surface area contributed by atoms with Crippen molar-refractivity contribution in [2.24, 2.45) is 0 Å². The van der Waals surface area contributed by atoms with E-state index in [2.05, 4.69) is 10.1 Å². The Labute approximate surface area is 210 Å². The molecular formula is C24H24N4O7S. The normalized spacial score (nSPS) is 12.3. The number of ether oxygens (including phenoxy) is 5. The van der Waals surface area contributed by atoms with Crippen LogP contribution in [0.5, 0.6) is 23.0 Å². The van der Waals surface area contributed by atoms with Crippen LogP contribution in [0.2, 0.25) is 0 Å². The lowest BCUT2D eigenvalue weighted by Gasteiger charge is -2.12. The molecule has 11 nitrogen and oxygen atoms in total. The SMILES string of the molecule is COCCCn1c(SCc2nc(-c3ccc(OC)cc3OC)no2)nc2cc3c(cc2c1=O)OCO3. The van der Waals surface area contributed by atoms with Crippen molar-refractivity contribution in [2.75, 3.05) is 34.7 Å². The Morgan fingerprint density at radius 2 is 1.89 bits per heavy atom. The van der Waals surface area contributed by atoms with Crippen LogP contribution in [-0.2, 0) is 17.0 Å². The van der Waals surface area contributed by atoms with E-state index in [1.807, 2.05) is 6.07 Å². The van der Waals surface area contributed by atoms with Gasteiger partial charge in [0.2, 0.25) is 18.5 Å². The van der Waals surface area contributed by atoms with Gasteiger partial charge in [0.05, 0.1) is 36.4 Å². The smallest absolute Gasteiger partial charge is 0.262 e. The average molecular weight is 513 g/mol. The van der Waals surface area contributed by atoms with Gasteiger partial charge in [0, 0.05) is 32.4 Å². The molecule has 2 aromatic carbocycles. The van der Waals surface area contributed by atoms with Gasteiger partial charge in [-0.2, -0.15) is 4.98 Å². The molecule has 0 spiro atoms. The molecule has 0 atom stereocenters. The monoisotopic (exact) mass is 512 g/mol. The van der Waals surface area contributed by atoms with Crippen molar-refractivity contribution in [1.29, 1.82) is 0 Å². The lowest BCUT2D eigenvalue weighted by molar-refractivity contribution is 0.174. The van der Waals surface area contributed by atoms with E-state index in [-0.39, 0.29) is 12.4 Å². The van der Waals surface area contributed by atoms with E-state index in [9.17, 15) is 4.79 Å². The second-order valence-corrected chi connectivity index (χ2v) is 8.73. The van der Waals surface area contributed by atoms with Crippen molar-refractivity contribution < 1.29 is 28.2 Å². The van der Waals surface area contributed by atoms with E-state index < -0.39 is 0 Å². The summed E-state index contributed by atoms with van der Waals surface area (Å²) in [4.78, 5) is 22.6. The molecule has 2 aromatic heterocycles. The Morgan fingerprint density at radius 1 is 1.06 bits per heavy atom. The molecule has 0 aliphatic carbocycles. The summed E-state index contributed by atoms with van der Waals surface area (Å²) in [5, 5.41) is 5.09. The summed E-state index contributed by atoms with van der Waals surface area (Å²) < 4.78 is 33.9. The zero-order valence-electron chi connectivity index (χ0n) is 20.0. The van der Waals surface area contributed by atoms with E-state index in [0.29, 0.717) is 81.7 Å². The van der Waals surface area contributed by atoms with Gasteiger partial charge in [0.15, 0.2) is 16.7 Å². The van der Waals surface area contributed by atoms with Crippen molar-refractivity contribution in [3.63, 3.8) is 0 Å². The van der Waals surface area contributed by atoms with Crippen LogP contribution in [0.3, 0.4) is 0 Å². The Morgan fingerprint density at radius 3 is 2.67 bits per heavy atom. The summed E-state index contributed by atoms with van der Waals surface area (Å²) in [6.07, 6.45) is 0.656. The van der Waals surface area contributed by atoms with Gasteiger partial charge in [-0.1, -0.05) is 16.9 Å². The van der Waals surface area contributed by atoms with Crippen molar-refractivity contribution in [1.82, 2.24) is 19.7 Å². The topological polar surface area (TPSA) is 120 Å². The van der Waals surface area contributed by atoms with Gasteiger partial charge in [-0.3, -0.25) is 9.36 Å². The molecule has 1 aliphatic heterocycles. The minimum atomic E-state index is -0.161. The summed E-state index contributed by atoms with van der Waals surface area (Å²) >= 11 is 1.34. The molecule has 3 heterocycles. The van der Waals surface area contributed by atoms with E-state index in [1.165, 1.54) is 11.8 Å². The van der Waals surface area contributed by atoms with Gasteiger partial charge in [0.25, 0.3) is 5.56 Å². The van der Waals surface area contributed by atoms with Gasteiger partial charge < -0.3 is 28.2 Å². The number of rotatable bonds is 10. The Hall–Kier alpha value is -3.77. The lowest BCUT2D eigenvalue weighted by atomic mass is 10.2. The molecule has 0 saturated carbocycles. The average Bonchev–Trinajstić information content (AvgIpc) is 3.57. The van der Waals surface area contributed by atoms with E-state index in [4.69, 9.17) is 33.2 Å². The maximum absolute atomic E-state index is 13.4. The van der Waals surface area contributed by atoms with Gasteiger partial charge in [-0.25, -0.2) is 4.98 Å². The first-order valence-electron chi connectivity index (χ1n) is 11.1. The quantitative estimate of drug-likeness (QED) is 0.176. The molecule has 188 valence electrons. The van der Waals surface area contributed by atoms with Crippen LogP contribution in [0.15, 0.2) is 44.8 Å². The van der Waals surface area contributed by atoms with E-state index in [1.54, 1.807) is 50.2 Å². The maximum Gasteiger partial charge on any atom is 0.262 e. The molecule has 4 aromatic rings. The largest absolute Gasteiger partial charge is 0.497 e. The van der Waals surface area contributed by atoms with E-state index >= 15 is 0 Å². The Balaban J connectivity index is 1.43. The van der Waals surface area contributed by atoms with Crippen molar-refractivity contribution in [2.45, 2.75) is 23.9 Å². The summed E-state index contributed by atoms with van der Waals surface area (Å²) in [6.45, 7) is 1.09. The Bertz CT molecular complexity index is 1450. The van der Waals surface area contributed by atoms with Crippen LogP contribution in [0.25, 0.3) is 22.3 Å². The number of aromatic nitrogens is 4. The number of fused-ring (bicyclic) bond motifs is 2. The minimum Gasteiger partial charge on any atom is -0.497 e. The van der Waals surface area contributed by atoms with Crippen LogP contribution >= 0.6 is 11.8 Å². The van der Waals surface area contributed by atoms with E-state index in [0.717, 1.165) is 0 Å². The number of hydrogen-bond acceptors (Lipinski definition) is 11. The van der Waals surface area contributed by atoms with Crippen LogP contribution in [0.4, 0.5) is 0 Å². The summed E-state index contributed by atoms with van der Waals surface area (Å²) in [7, 11) is 4.78. The number of hydrogen-bond donors (Lipinski definition) is 0. The van der Waals surface area contributed by atoms with Crippen molar-refractivity contribution in [3.8, 4) is 34.4 Å². The van der Waals surface area contributed by atoms with Crippen LogP contribution < -0.4 is 24.5 Å². The zero-order valence-corrected chi connectivity index (χ0v) is 20.8. The highest BCUT2D eigenvalue weighted by atomic mass is 32.2. The molecule has 5 rings (SSSR count). The zero-order chi connectivity index (χ0) is 25.1. The molecule has 0 bridgehead atoms. The molecule has 12 heteroatoms. The van der Waals surface area contributed by atoms with Crippen LogP contribution in [0.1, 0.15) is 12.3 Å². The maximum atomic E-state index is 13.4. The molecule has 0 N–H and O–H groups in total. The van der Waals surface area contributed by atoms with Gasteiger partial charge >= 0.3 is 0 Å². The molecule has 0 amide bonds. The summed E-state index contributed by atoms with van der Waals surface area (Å²) in [5.41, 5.74) is 1.05. The molecule has 36 heavy (non-hydrogen) atoms. The predicted octanol–water partition coefficient (Wildman–Crippen LogP) is 3.52. The molecular weight excluding hydrogens is 488 g/mol.